The quantitative estimate of drug-likeness (QED) is 0.290. The van der Waals surface area contributed by atoms with Crippen molar-refractivity contribution < 1.29 is 19.1 Å². The minimum Gasteiger partial charge on any atom is -0.411 e. The Morgan fingerprint density at radius 1 is 0.872 bits per heavy atom. The highest BCUT2D eigenvalue weighted by atomic mass is 16.5. The second kappa shape index (κ2) is 12.3. The van der Waals surface area contributed by atoms with Crippen LogP contribution in [0.15, 0.2) is 85.3 Å². The van der Waals surface area contributed by atoms with E-state index in [2.05, 4.69) is 20.6 Å². The Bertz CT molecular complexity index is 1450. The van der Waals surface area contributed by atoms with Crippen LogP contribution in [0, 0.1) is 0 Å². The summed E-state index contributed by atoms with van der Waals surface area (Å²) in [6, 6.07) is 19.7. The van der Waals surface area contributed by atoms with Crippen molar-refractivity contribution in [2.24, 2.45) is 5.73 Å². The van der Waals surface area contributed by atoms with E-state index >= 15 is 0 Å². The minimum atomic E-state index is -0.874. The van der Waals surface area contributed by atoms with Crippen molar-refractivity contribution in [1.29, 1.82) is 0 Å². The van der Waals surface area contributed by atoms with Crippen molar-refractivity contribution in [2.75, 3.05) is 24.7 Å². The number of amides is 3. The van der Waals surface area contributed by atoms with Gasteiger partial charge in [-0.1, -0.05) is 24.3 Å². The van der Waals surface area contributed by atoms with Gasteiger partial charge in [0.15, 0.2) is 0 Å². The van der Waals surface area contributed by atoms with E-state index in [9.17, 15) is 14.4 Å². The molecule has 0 bridgehead atoms. The van der Waals surface area contributed by atoms with Gasteiger partial charge in [-0.25, -0.2) is 9.78 Å². The molecule has 0 unspecified atom stereocenters. The Kier molecular flexibility index (Phi) is 8.47. The van der Waals surface area contributed by atoms with Crippen LogP contribution in [-0.2, 0) is 11.2 Å². The summed E-state index contributed by atoms with van der Waals surface area (Å²) in [4.78, 5) is 45.6. The largest absolute Gasteiger partial charge is 0.411 e. The van der Waals surface area contributed by atoms with Crippen LogP contribution >= 0.6 is 0 Å². The molecular formula is C29H28N6O4. The molecule has 39 heavy (non-hydrogen) atoms. The van der Waals surface area contributed by atoms with Crippen LogP contribution in [0.5, 0.6) is 5.75 Å². The number of aryl methyl sites for hydroxylation is 1. The number of rotatable bonds is 9. The van der Waals surface area contributed by atoms with Crippen LogP contribution < -0.4 is 21.1 Å². The first-order valence-electron chi connectivity index (χ1n) is 12.1. The van der Waals surface area contributed by atoms with Crippen LogP contribution in [0.1, 0.15) is 22.3 Å². The van der Waals surface area contributed by atoms with E-state index in [1.165, 1.54) is 4.90 Å². The Morgan fingerprint density at radius 3 is 2.21 bits per heavy atom. The number of nitrogens with one attached hydrogen (secondary N) is 2. The van der Waals surface area contributed by atoms with Crippen LogP contribution in [0.3, 0.4) is 0 Å². The molecule has 4 N–H and O–H groups in total. The van der Waals surface area contributed by atoms with Crippen molar-refractivity contribution in [3.05, 3.63) is 96.4 Å². The summed E-state index contributed by atoms with van der Waals surface area (Å²) >= 11 is 0. The number of hydrogen-bond donors (Lipinski definition) is 3. The number of ether oxygens (including phenoxy) is 1. The number of benzene rings is 2. The molecule has 4 aromatic rings. The molecule has 2 heterocycles. The standard InChI is InChI=1S/C29H28N6O4/c1-35(2)28(37)21-8-6-20(7-9-21)22-10-13-26(32-16-22)33-23-15-24(18-31-17-23)34-27(36)14-5-19-3-11-25(12-4-19)39-29(30)38/h3-4,6-13,15-18H,5,14H2,1-2H3,(H2,30,38)(H,32,33)(H,34,36). The molecule has 2 aromatic carbocycles. The number of primary amides is 1. The van der Waals surface area contributed by atoms with Gasteiger partial charge in [0.1, 0.15) is 11.6 Å². The van der Waals surface area contributed by atoms with Gasteiger partial charge < -0.3 is 26.0 Å². The fraction of sp³-hybridized carbons (Fsp3) is 0.138. The van der Waals surface area contributed by atoms with E-state index in [1.54, 1.807) is 75.2 Å². The maximum Gasteiger partial charge on any atom is 0.409 e. The fourth-order valence-electron chi connectivity index (χ4n) is 3.75. The first kappa shape index (κ1) is 26.8. The van der Waals surface area contributed by atoms with Gasteiger partial charge in [-0.2, -0.15) is 0 Å². The number of carbonyl (C=O) groups excluding carboxylic acids is 3. The van der Waals surface area contributed by atoms with E-state index in [0.717, 1.165) is 16.7 Å². The number of aromatic nitrogens is 2. The molecule has 0 fully saturated rings. The predicted octanol–water partition coefficient (Wildman–Crippen LogP) is 4.62. The fourth-order valence-corrected chi connectivity index (χ4v) is 3.75. The average Bonchev–Trinajstić information content (AvgIpc) is 2.93. The molecular weight excluding hydrogens is 496 g/mol. The predicted molar refractivity (Wildman–Crippen MR) is 149 cm³/mol. The topological polar surface area (TPSA) is 140 Å². The third-order valence-corrected chi connectivity index (χ3v) is 5.71. The SMILES string of the molecule is CN(C)C(=O)c1ccc(-c2ccc(Nc3cncc(NC(=O)CCc4ccc(OC(N)=O)cc4)c3)nc2)cc1. The van der Waals surface area contributed by atoms with Gasteiger partial charge in [0.25, 0.3) is 5.91 Å². The molecule has 10 heteroatoms. The molecule has 10 nitrogen and oxygen atoms in total. The molecule has 0 spiro atoms. The van der Waals surface area contributed by atoms with Crippen molar-refractivity contribution in [3.8, 4) is 16.9 Å². The molecule has 0 atom stereocenters. The molecule has 0 radical (unpaired) electrons. The summed E-state index contributed by atoms with van der Waals surface area (Å²) in [6.07, 6.45) is 4.86. The Morgan fingerprint density at radius 2 is 1.56 bits per heavy atom. The molecule has 3 amide bonds. The lowest BCUT2D eigenvalue weighted by atomic mass is 10.1. The number of nitrogens with two attached hydrogens (primary N) is 1. The maximum atomic E-state index is 12.5. The average molecular weight is 525 g/mol. The first-order chi connectivity index (χ1) is 18.8. The minimum absolute atomic E-state index is 0.0465. The van der Waals surface area contributed by atoms with Crippen LogP contribution in [0.25, 0.3) is 11.1 Å². The third kappa shape index (κ3) is 7.62. The third-order valence-electron chi connectivity index (χ3n) is 5.71. The molecule has 0 aliphatic heterocycles. The number of pyridine rings is 2. The summed E-state index contributed by atoms with van der Waals surface area (Å²) in [7, 11) is 3.44. The zero-order chi connectivity index (χ0) is 27.8. The zero-order valence-corrected chi connectivity index (χ0v) is 21.5. The molecule has 0 saturated carbocycles. The molecule has 198 valence electrons. The molecule has 4 rings (SSSR count). The second-order valence-electron chi connectivity index (χ2n) is 8.91. The lowest BCUT2D eigenvalue weighted by molar-refractivity contribution is -0.116. The van der Waals surface area contributed by atoms with Gasteiger partial charge in [0.2, 0.25) is 5.91 Å². The maximum absolute atomic E-state index is 12.5. The highest BCUT2D eigenvalue weighted by Crippen LogP contribution is 2.23. The van der Waals surface area contributed by atoms with Crippen LogP contribution in [-0.4, -0.2) is 46.9 Å². The van der Waals surface area contributed by atoms with Crippen molar-refractivity contribution in [3.63, 3.8) is 0 Å². The Balaban J connectivity index is 1.31. The van der Waals surface area contributed by atoms with E-state index in [1.807, 2.05) is 24.3 Å². The Labute approximate surface area is 225 Å². The van der Waals surface area contributed by atoms with Crippen molar-refractivity contribution in [2.45, 2.75) is 12.8 Å². The van der Waals surface area contributed by atoms with Gasteiger partial charge in [0, 0.05) is 37.8 Å². The second-order valence-corrected chi connectivity index (χ2v) is 8.91. The highest BCUT2D eigenvalue weighted by molar-refractivity contribution is 5.94. The first-order valence-corrected chi connectivity index (χ1v) is 12.1. The smallest absolute Gasteiger partial charge is 0.409 e. The molecule has 2 aromatic heterocycles. The monoisotopic (exact) mass is 524 g/mol. The normalized spacial score (nSPS) is 10.4. The molecule has 0 aliphatic carbocycles. The lowest BCUT2D eigenvalue weighted by Crippen LogP contribution is -2.21. The number of hydrogen-bond acceptors (Lipinski definition) is 7. The van der Waals surface area contributed by atoms with Gasteiger partial charge in [-0.3, -0.25) is 14.6 Å². The lowest BCUT2D eigenvalue weighted by Gasteiger charge is -2.11. The van der Waals surface area contributed by atoms with E-state index in [4.69, 9.17) is 10.5 Å². The van der Waals surface area contributed by atoms with Gasteiger partial charge >= 0.3 is 6.09 Å². The van der Waals surface area contributed by atoms with Crippen LogP contribution in [0.4, 0.5) is 22.0 Å². The van der Waals surface area contributed by atoms with Gasteiger partial charge in [-0.15, -0.1) is 0 Å². The van der Waals surface area contributed by atoms with E-state index < -0.39 is 6.09 Å². The number of anilines is 3. The van der Waals surface area contributed by atoms with Crippen LogP contribution in [0.2, 0.25) is 0 Å². The van der Waals surface area contributed by atoms with Crippen molar-refractivity contribution >= 4 is 35.1 Å². The number of carbonyl (C=O) groups is 3. The summed E-state index contributed by atoms with van der Waals surface area (Å²) in [6.45, 7) is 0. The zero-order valence-electron chi connectivity index (χ0n) is 21.5. The molecule has 0 aliphatic rings. The van der Waals surface area contributed by atoms with Gasteiger partial charge in [0.05, 0.1) is 23.8 Å². The molecule has 0 saturated heterocycles. The summed E-state index contributed by atoms with van der Waals surface area (Å²) in [5.74, 6) is 0.761. The highest BCUT2D eigenvalue weighted by Gasteiger charge is 2.09. The van der Waals surface area contributed by atoms with Gasteiger partial charge in [-0.05, 0) is 60.0 Å². The summed E-state index contributed by atoms with van der Waals surface area (Å²) in [5, 5.41) is 6.04. The number of nitrogens with zero attached hydrogens (tertiary/aromatic N) is 3. The van der Waals surface area contributed by atoms with E-state index in [-0.39, 0.29) is 18.2 Å². The summed E-state index contributed by atoms with van der Waals surface area (Å²) < 4.78 is 4.80. The van der Waals surface area contributed by atoms with E-state index in [0.29, 0.717) is 34.9 Å². The summed E-state index contributed by atoms with van der Waals surface area (Å²) in [5.41, 5.74) is 9.63. The Hall–Kier alpha value is -5.25. The van der Waals surface area contributed by atoms with Crippen molar-refractivity contribution in [1.82, 2.24) is 14.9 Å².